The van der Waals surface area contributed by atoms with Crippen molar-refractivity contribution in [2.75, 3.05) is 12.4 Å². The summed E-state index contributed by atoms with van der Waals surface area (Å²) in [5, 5.41) is 5.16. The van der Waals surface area contributed by atoms with E-state index in [4.69, 9.17) is 5.73 Å². The first-order valence-electron chi connectivity index (χ1n) is 5.01. The number of nitrogens with one attached hydrogen (secondary N) is 2. The van der Waals surface area contributed by atoms with Gasteiger partial charge in [0.1, 0.15) is 0 Å². The predicted octanol–water partition coefficient (Wildman–Crippen LogP) is 2.13. The third kappa shape index (κ3) is 3.45. The molecular formula is C11H15BrN4O. The number of rotatable bonds is 1. The van der Waals surface area contributed by atoms with Crippen LogP contribution < -0.4 is 16.4 Å². The van der Waals surface area contributed by atoms with Crippen LogP contribution in [0.25, 0.3) is 0 Å². The van der Waals surface area contributed by atoms with Crippen LogP contribution in [0.3, 0.4) is 0 Å². The number of amides is 2. The summed E-state index contributed by atoms with van der Waals surface area (Å²) in [5.41, 5.74) is 8.11. The highest BCUT2D eigenvalue weighted by Crippen LogP contribution is 2.27. The van der Waals surface area contributed by atoms with Crippen molar-refractivity contribution >= 4 is 33.6 Å². The average Bonchev–Trinajstić information content (AvgIpc) is 2.29. The number of guanidine groups is 1. The summed E-state index contributed by atoms with van der Waals surface area (Å²) in [5.74, 6) is 0.0767. The second-order valence-electron chi connectivity index (χ2n) is 3.55. The van der Waals surface area contributed by atoms with Gasteiger partial charge in [-0.05, 0) is 31.0 Å². The van der Waals surface area contributed by atoms with Crippen LogP contribution in [0, 0.1) is 13.8 Å². The Morgan fingerprint density at radius 1 is 1.41 bits per heavy atom. The van der Waals surface area contributed by atoms with Gasteiger partial charge < -0.3 is 11.1 Å². The van der Waals surface area contributed by atoms with E-state index in [1.165, 1.54) is 7.05 Å². The summed E-state index contributed by atoms with van der Waals surface area (Å²) < 4.78 is 0.940. The number of nitrogens with zero attached hydrogens (tertiary/aromatic N) is 1. The summed E-state index contributed by atoms with van der Waals surface area (Å²) >= 11 is 3.41. The Morgan fingerprint density at radius 2 is 2.06 bits per heavy atom. The van der Waals surface area contributed by atoms with E-state index in [2.05, 4.69) is 31.6 Å². The summed E-state index contributed by atoms with van der Waals surface area (Å²) in [4.78, 5) is 15.2. The normalized spacial score (nSPS) is 11.2. The van der Waals surface area contributed by atoms with E-state index in [1.807, 2.05) is 26.0 Å². The highest BCUT2D eigenvalue weighted by molar-refractivity contribution is 9.10. The number of carbonyl (C=O) groups is 1. The highest BCUT2D eigenvalue weighted by atomic mass is 79.9. The van der Waals surface area contributed by atoms with Crippen molar-refractivity contribution in [2.45, 2.75) is 13.8 Å². The number of carbonyl (C=O) groups excluding carboxylic acids is 1. The molecule has 0 aromatic heterocycles. The molecule has 6 heteroatoms. The molecule has 0 unspecified atom stereocenters. The third-order valence-electron chi connectivity index (χ3n) is 2.33. The summed E-state index contributed by atoms with van der Waals surface area (Å²) in [7, 11) is 1.51. The van der Waals surface area contributed by atoms with Crippen molar-refractivity contribution in [1.82, 2.24) is 5.32 Å². The van der Waals surface area contributed by atoms with E-state index in [9.17, 15) is 4.79 Å². The van der Waals surface area contributed by atoms with E-state index in [0.29, 0.717) is 0 Å². The molecule has 0 spiro atoms. The second-order valence-corrected chi connectivity index (χ2v) is 4.41. The predicted molar refractivity (Wildman–Crippen MR) is 73.3 cm³/mol. The first kappa shape index (κ1) is 13.5. The van der Waals surface area contributed by atoms with Crippen molar-refractivity contribution in [3.8, 4) is 0 Å². The number of hydrogen-bond donors (Lipinski definition) is 3. The van der Waals surface area contributed by atoms with Crippen LogP contribution in [-0.2, 0) is 0 Å². The molecule has 17 heavy (non-hydrogen) atoms. The van der Waals surface area contributed by atoms with Crippen molar-refractivity contribution in [2.24, 2.45) is 10.7 Å². The first-order chi connectivity index (χ1) is 7.95. The zero-order valence-corrected chi connectivity index (χ0v) is 11.6. The number of aryl methyl sites for hydroxylation is 1. The number of benzene rings is 1. The Morgan fingerprint density at radius 3 is 2.65 bits per heavy atom. The molecule has 1 aromatic rings. The van der Waals surface area contributed by atoms with Crippen LogP contribution in [-0.4, -0.2) is 19.0 Å². The van der Waals surface area contributed by atoms with Crippen molar-refractivity contribution in [1.29, 1.82) is 0 Å². The molecule has 0 saturated heterocycles. The molecule has 0 aliphatic rings. The zero-order chi connectivity index (χ0) is 13.0. The molecule has 92 valence electrons. The van der Waals surface area contributed by atoms with Crippen LogP contribution in [0.1, 0.15) is 11.1 Å². The average molecular weight is 299 g/mol. The number of urea groups is 1. The molecule has 0 fully saturated rings. The van der Waals surface area contributed by atoms with E-state index in [1.54, 1.807) is 0 Å². The maximum absolute atomic E-state index is 11.6. The van der Waals surface area contributed by atoms with E-state index in [-0.39, 0.29) is 5.96 Å². The van der Waals surface area contributed by atoms with Gasteiger partial charge in [-0.15, -0.1) is 0 Å². The lowest BCUT2D eigenvalue weighted by atomic mass is 10.1. The van der Waals surface area contributed by atoms with Crippen LogP contribution >= 0.6 is 15.9 Å². The molecule has 1 rings (SSSR count). The number of halogens is 1. The van der Waals surface area contributed by atoms with Gasteiger partial charge in [-0.1, -0.05) is 22.0 Å². The maximum Gasteiger partial charge on any atom is 0.326 e. The van der Waals surface area contributed by atoms with Gasteiger partial charge in [-0.2, -0.15) is 0 Å². The second kappa shape index (κ2) is 5.67. The van der Waals surface area contributed by atoms with Crippen molar-refractivity contribution in [3.05, 3.63) is 27.7 Å². The minimum absolute atomic E-state index is 0.0767. The Hall–Kier alpha value is -1.56. The zero-order valence-electron chi connectivity index (χ0n) is 9.97. The quantitative estimate of drug-likeness (QED) is 0.548. The van der Waals surface area contributed by atoms with Crippen molar-refractivity contribution < 1.29 is 4.79 Å². The Labute approximate surface area is 109 Å². The fraction of sp³-hybridized carbons (Fsp3) is 0.273. The molecule has 0 aliphatic heterocycles. The molecule has 0 radical (unpaired) electrons. The molecule has 0 saturated carbocycles. The molecule has 0 atom stereocenters. The van der Waals surface area contributed by atoms with Crippen LogP contribution in [0.2, 0.25) is 0 Å². The topological polar surface area (TPSA) is 79.5 Å². The Balaban J connectivity index is 2.89. The van der Waals surface area contributed by atoms with Gasteiger partial charge in [0.05, 0.1) is 0 Å². The number of aliphatic imine (C=N–C) groups is 1. The van der Waals surface area contributed by atoms with Crippen LogP contribution in [0.15, 0.2) is 21.6 Å². The lowest BCUT2D eigenvalue weighted by Crippen LogP contribution is -2.39. The fourth-order valence-corrected chi connectivity index (χ4v) is 1.66. The lowest BCUT2D eigenvalue weighted by Gasteiger charge is -2.13. The van der Waals surface area contributed by atoms with Gasteiger partial charge in [0.15, 0.2) is 5.96 Å². The van der Waals surface area contributed by atoms with E-state index < -0.39 is 6.03 Å². The third-order valence-corrected chi connectivity index (χ3v) is 3.19. The monoisotopic (exact) mass is 298 g/mol. The molecular weight excluding hydrogens is 284 g/mol. The summed E-state index contributed by atoms with van der Waals surface area (Å²) in [6.45, 7) is 3.84. The highest BCUT2D eigenvalue weighted by Gasteiger charge is 2.09. The first-order valence-corrected chi connectivity index (χ1v) is 5.81. The van der Waals surface area contributed by atoms with Gasteiger partial charge in [0.25, 0.3) is 0 Å². The van der Waals surface area contributed by atoms with Gasteiger partial charge in [0, 0.05) is 17.2 Å². The Kier molecular flexibility index (Phi) is 4.51. The molecule has 1 aromatic carbocycles. The van der Waals surface area contributed by atoms with Gasteiger partial charge in [-0.3, -0.25) is 10.3 Å². The maximum atomic E-state index is 11.6. The van der Waals surface area contributed by atoms with Gasteiger partial charge in [-0.25, -0.2) is 4.79 Å². The number of anilines is 1. The minimum atomic E-state index is -0.405. The van der Waals surface area contributed by atoms with Gasteiger partial charge in [0.2, 0.25) is 0 Å². The molecule has 4 N–H and O–H groups in total. The largest absolute Gasteiger partial charge is 0.370 e. The SMILES string of the molecule is CN=C(N)NC(=O)Nc1c(C)ccc(Br)c1C. The van der Waals surface area contributed by atoms with E-state index >= 15 is 0 Å². The molecule has 0 bridgehead atoms. The number of nitrogens with two attached hydrogens (primary N) is 1. The summed E-state index contributed by atoms with van der Waals surface area (Å²) in [6.07, 6.45) is 0. The van der Waals surface area contributed by atoms with Gasteiger partial charge >= 0.3 is 6.03 Å². The molecule has 0 aliphatic carbocycles. The lowest BCUT2D eigenvalue weighted by molar-refractivity contribution is 0.256. The van der Waals surface area contributed by atoms with Crippen molar-refractivity contribution in [3.63, 3.8) is 0 Å². The Bertz CT molecular complexity index is 471. The van der Waals surface area contributed by atoms with E-state index in [0.717, 1.165) is 21.3 Å². The molecule has 5 nitrogen and oxygen atoms in total. The van der Waals surface area contributed by atoms with Crippen LogP contribution in [0.4, 0.5) is 10.5 Å². The summed E-state index contributed by atoms with van der Waals surface area (Å²) in [6, 6.07) is 3.46. The fourth-order valence-electron chi connectivity index (χ4n) is 1.33. The smallest absolute Gasteiger partial charge is 0.326 e. The van der Waals surface area contributed by atoms with Crippen LogP contribution in [0.5, 0.6) is 0 Å². The standard InChI is InChI=1S/C11H15BrN4O/c1-6-4-5-8(12)7(2)9(6)15-11(17)16-10(13)14-3/h4-5H,1-3H3,(H4,13,14,15,16,17). The molecule has 2 amide bonds. The minimum Gasteiger partial charge on any atom is -0.370 e. The molecule has 0 heterocycles. The number of hydrogen-bond acceptors (Lipinski definition) is 2.